The number of hydrogen-bond acceptors (Lipinski definition) is 2. The van der Waals surface area contributed by atoms with Crippen molar-refractivity contribution in [1.82, 2.24) is 4.57 Å². The Balaban J connectivity index is 1.88. The Morgan fingerprint density at radius 1 is 1.04 bits per heavy atom. The lowest BCUT2D eigenvalue weighted by molar-refractivity contribution is 0.340. The van der Waals surface area contributed by atoms with E-state index in [4.69, 9.17) is 4.74 Å². The van der Waals surface area contributed by atoms with Gasteiger partial charge in [-0.1, -0.05) is 0 Å². The van der Waals surface area contributed by atoms with Gasteiger partial charge in [-0.3, -0.25) is 4.99 Å². The number of aromatic nitrogens is 1. The fourth-order valence-electron chi connectivity index (χ4n) is 2.84. The zero-order valence-corrected chi connectivity index (χ0v) is 14.7. The molecule has 1 heterocycles. The van der Waals surface area contributed by atoms with E-state index in [-0.39, 0.29) is 5.82 Å². The number of ether oxygens (including phenoxy) is 1. The number of hydrogen-bond donors (Lipinski definition) is 0. The van der Waals surface area contributed by atoms with E-state index in [9.17, 15) is 4.39 Å². The van der Waals surface area contributed by atoms with Gasteiger partial charge in [0.15, 0.2) is 0 Å². The molecule has 0 spiro atoms. The van der Waals surface area contributed by atoms with Crippen molar-refractivity contribution in [2.45, 2.75) is 20.8 Å². The Labute approximate surface area is 147 Å². The molecule has 0 aliphatic heterocycles. The van der Waals surface area contributed by atoms with E-state index >= 15 is 0 Å². The Morgan fingerprint density at radius 3 is 2.36 bits per heavy atom. The van der Waals surface area contributed by atoms with Crippen molar-refractivity contribution >= 4 is 11.9 Å². The molecule has 2 aromatic carbocycles. The van der Waals surface area contributed by atoms with E-state index in [1.807, 2.05) is 37.4 Å². The summed E-state index contributed by atoms with van der Waals surface area (Å²) in [5, 5.41) is 0. The Hall–Kier alpha value is -2.88. The molecule has 0 unspecified atom stereocenters. The molecule has 0 radical (unpaired) electrons. The van der Waals surface area contributed by atoms with Gasteiger partial charge in [0.1, 0.15) is 11.6 Å². The summed E-state index contributed by atoms with van der Waals surface area (Å²) in [6.07, 6.45) is 1.82. The van der Waals surface area contributed by atoms with Gasteiger partial charge in [-0.25, -0.2) is 4.39 Å². The molecule has 128 valence electrons. The third kappa shape index (κ3) is 3.79. The third-order valence-corrected chi connectivity index (χ3v) is 4.06. The molecule has 3 nitrogen and oxygen atoms in total. The van der Waals surface area contributed by atoms with Crippen LogP contribution in [0.25, 0.3) is 5.69 Å². The normalized spacial score (nSPS) is 11.2. The lowest BCUT2D eigenvalue weighted by atomic mass is 10.2. The van der Waals surface area contributed by atoms with Gasteiger partial charge in [0.2, 0.25) is 0 Å². The summed E-state index contributed by atoms with van der Waals surface area (Å²) in [6, 6.07) is 16.3. The molecule has 0 saturated heterocycles. The van der Waals surface area contributed by atoms with Gasteiger partial charge in [0.25, 0.3) is 0 Å². The molecule has 0 atom stereocenters. The van der Waals surface area contributed by atoms with E-state index in [2.05, 4.69) is 29.5 Å². The molecule has 25 heavy (non-hydrogen) atoms. The minimum atomic E-state index is -0.257. The Bertz CT molecular complexity index is 878. The fourth-order valence-corrected chi connectivity index (χ4v) is 2.84. The first-order valence-electron chi connectivity index (χ1n) is 8.30. The van der Waals surface area contributed by atoms with Crippen molar-refractivity contribution < 1.29 is 9.13 Å². The second kappa shape index (κ2) is 7.34. The van der Waals surface area contributed by atoms with Crippen LogP contribution in [-0.4, -0.2) is 17.4 Å². The van der Waals surface area contributed by atoms with Crippen LogP contribution >= 0.6 is 0 Å². The smallest absolute Gasteiger partial charge is 0.123 e. The summed E-state index contributed by atoms with van der Waals surface area (Å²) < 4.78 is 20.7. The monoisotopic (exact) mass is 336 g/mol. The van der Waals surface area contributed by atoms with Gasteiger partial charge in [-0.05, 0) is 75.4 Å². The summed E-state index contributed by atoms with van der Waals surface area (Å²) in [7, 11) is 0. The first-order chi connectivity index (χ1) is 12.1. The summed E-state index contributed by atoms with van der Waals surface area (Å²) in [4.78, 5) is 4.44. The molecule has 0 fully saturated rings. The maximum Gasteiger partial charge on any atom is 0.123 e. The molecule has 0 aliphatic carbocycles. The summed E-state index contributed by atoms with van der Waals surface area (Å²) in [5.74, 6) is 0.611. The van der Waals surface area contributed by atoms with Crippen LogP contribution in [0, 0.1) is 19.7 Å². The zero-order valence-electron chi connectivity index (χ0n) is 14.7. The highest BCUT2D eigenvalue weighted by molar-refractivity contribution is 5.84. The van der Waals surface area contributed by atoms with Crippen molar-refractivity contribution in [3.63, 3.8) is 0 Å². The summed E-state index contributed by atoms with van der Waals surface area (Å²) in [5.41, 5.74) is 5.08. The lowest BCUT2D eigenvalue weighted by Gasteiger charge is -2.10. The molecule has 0 saturated carbocycles. The van der Waals surface area contributed by atoms with Crippen molar-refractivity contribution in [3.8, 4) is 11.4 Å². The quantitative estimate of drug-likeness (QED) is 0.574. The molecule has 0 bridgehead atoms. The molecule has 3 aromatic rings. The Morgan fingerprint density at radius 2 is 1.72 bits per heavy atom. The standard InChI is InChI=1S/C21H21FN2O/c1-4-25-21-11-9-20(10-12-21)24-15(2)13-17(16(24)3)14-23-19-7-5-18(22)6-8-19/h5-14H,4H2,1-3H3. The van der Waals surface area contributed by atoms with E-state index in [1.54, 1.807) is 12.1 Å². The maximum absolute atomic E-state index is 13.0. The van der Waals surface area contributed by atoms with Gasteiger partial charge >= 0.3 is 0 Å². The number of benzene rings is 2. The average Bonchev–Trinajstić information content (AvgIpc) is 2.89. The first-order valence-corrected chi connectivity index (χ1v) is 8.30. The zero-order chi connectivity index (χ0) is 17.8. The number of rotatable bonds is 5. The van der Waals surface area contributed by atoms with Crippen LogP contribution in [0.5, 0.6) is 5.75 Å². The van der Waals surface area contributed by atoms with Gasteiger partial charge in [0, 0.05) is 28.9 Å². The van der Waals surface area contributed by atoms with Crippen molar-refractivity contribution in [3.05, 3.63) is 77.4 Å². The van der Waals surface area contributed by atoms with Crippen molar-refractivity contribution in [1.29, 1.82) is 0 Å². The largest absolute Gasteiger partial charge is 0.494 e. The highest BCUT2D eigenvalue weighted by atomic mass is 19.1. The molecule has 3 rings (SSSR count). The lowest BCUT2D eigenvalue weighted by Crippen LogP contribution is -2.00. The van der Waals surface area contributed by atoms with Crippen LogP contribution in [0.2, 0.25) is 0 Å². The van der Waals surface area contributed by atoms with E-state index in [1.165, 1.54) is 12.1 Å². The molecule has 1 aromatic heterocycles. The number of aliphatic imine (C=N–C) groups is 1. The van der Waals surface area contributed by atoms with Crippen LogP contribution in [-0.2, 0) is 0 Å². The van der Waals surface area contributed by atoms with E-state index in [0.717, 1.165) is 34.1 Å². The predicted octanol–water partition coefficient (Wildman–Crippen LogP) is 5.38. The van der Waals surface area contributed by atoms with Crippen LogP contribution in [0.4, 0.5) is 10.1 Å². The number of aryl methyl sites for hydroxylation is 1. The molecule has 0 amide bonds. The molecule has 4 heteroatoms. The first kappa shape index (κ1) is 17.0. The van der Waals surface area contributed by atoms with Crippen LogP contribution in [0.3, 0.4) is 0 Å². The maximum atomic E-state index is 13.0. The van der Waals surface area contributed by atoms with Crippen LogP contribution in [0.1, 0.15) is 23.9 Å². The van der Waals surface area contributed by atoms with Gasteiger partial charge < -0.3 is 9.30 Å². The highest BCUT2D eigenvalue weighted by Crippen LogP contribution is 2.23. The van der Waals surface area contributed by atoms with Gasteiger partial charge in [-0.2, -0.15) is 0 Å². The topological polar surface area (TPSA) is 26.5 Å². The van der Waals surface area contributed by atoms with Crippen LogP contribution < -0.4 is 4.74 Å². The second-order valence-electron chi connectivity index (χ2n) is 5.82. The number of nitrogens with zero attached hydrogens (tertiary/aromatic N) is 2. The molecule has 0 N–H and O–H groups in total. The van der Waals surface area contributed by atoms with Crippen molar-refractivity contribution in [2.75, 3.05) is 6.61 Å². The Kier molecular flexibility index (Phi) is 4.98. The van der Waals surface area contributed by atoms with Crippen molar-refractivity contribution in [2.24, 2.45) is 4.99 Å². The van der Waals surface area contributed by atoms with Gasteiger partial charge in [0.05, 0.1) is 12.3 Å². The predicted molar refractivity (Wildman–Crippen MR) is 100 cm³/mol. The van der Waals surface area contributed by atoms with Gasteiger partial charge in [-0.15, -0.1) is 0 Å². The highest BCUT2D eigenvalue weighted by Gasteiger charge is 2.09. The minimum absolute atomic E-state index is 0.257. The summed E-state index contributed by atoms with van der Waals surface area (Å²) in [6.45, 7) is 6.76. The van der Waals surface area contributed by atoms with Crippen LogP contribution in [0.15, 0.2) is 59.6 Å². The average molecular weight is 336 g/mol. The molecular weight excluding hydrogens is 315 g/mol. The summed E-state index contributed by atoms with van der Waals surface area (Å²) >= 11 is 0. The SMILES string of the molecule is CCOc1ccc(-n2c(C)cc(C=Nc3ccc(F)cc3)c2C)cc1. The van der Waals surface area contributed by atoms with E-state index in [0.29, 0.717) is 6.61 Å². The van der Waals surface area contributed by atoms with E-state index < -0.39 is 0 Å². The fraction of sp³-hybridized carbons (Fsp3) is 0.190. The molecule has 0 aliphatic rings. The minimum Gasteiger partial charge on any atom is -0.494 e. The third-order valence-electron chi connectivity index (χ3n) is 4.06. The second-order valence-corrected chi connectivity index (χ2v) is 5.82. The molecular formula is C21H21FN2O. The number of halogens is 1.